The molecule has 7 heteroatoms. The number of carbonyl (C=O) groups excluding carboxylic acids is 1. The summed E-state index contributed by atoms with van der Waals surface area (Å²) in [4.78, 5) is 30.7. The van der Waals surface area contributed by atoms with Gasteiger partial charge in [-0.2, -0.15) is 0 Å². The van der Waals surface area contributed by atoms with Gasteiger partial charge in [-0.3, -0.25) is 14.9 Å². The van der Waals surface area contributed by atoms with E-state index < -0.39 is 11.5 Å². The summed E-state index contributed by atoms with van der Waals surface area (Å²) in [6, 6.07) is 13.0. The van der Waals surface area contributed by atoms with Crippen molar-refractivity contribution in [3.8, 4) is 5.75 Å². The lowest BCUT2D eigenvalue weighted by Gasteiger charge is -2.14. The number of fused-ring (bicyclic) bond motifs is 2. The largest absolute Gasteiger partial charge is 0.506 e. The molecule has 6 nitrogen and oxygen atoms in total. The van der Waals surface area contributed by atoms with E-state index in [-0.39, 0.29) is 11.3 Å². The molecule has 2 aromatic carbocycles. The number of amides is 1. The summed E-state index contributed by atoms with van der Waals surface area (Å²) >= 11 is 1.34. The Labute approximate surface area is 184 Å². The summed E-state index contributed by atoms with van der Waals surface area (Å²) in [5.41, 5.74) is 1.79. The zero-order valence-corrected chi connectivity index (χ0v) is 18.5. The third-order valence-corrected chi connectivity index (χ3v) is 6.31. The van der Waals surface area contributed by atoms with E-state index in [1.54, 1.807) is 22.8 Å². The minimum absolute atomic E-state index is 0.246. The first kappa shape index (κ1) is 21.1. The second kappa shape index (κ2) is 8.89. The lowest BCUT2D eigenvalue weighted by molar-refractivity contribution is 0.102. The van der Waals surface area contributed by atoms with Crippen LogP contribution in [0.4, 0.5) is 5.13 Å². The molecule has 0 saturated heterocycles. The number of anilines is 1. The maximum Gasteiger partial charge on any atom is 0.267 e. The second-order valence-electron chi connectivity index (χ2n) is 7.70. The van der Waals surface area contributed by atoms with Crippen LogP contribution in [-0.4, -0.2) is 20.6 Å². The Hall–Kier alpha value is -3.19. The lowest BCUT2D eigenvalue weighted by atomic mass is 10.1. The van der Waals surface area contributed by atoms with Crippen molar-refractivity contribution in [3.63, 3.8) is 0 Å². The molecule has 2 aromatic heterocycles. The summed E-state index contributed by atoms with van der Waals surface area (Å²) in [6.45, 7) is 4.63. The zero-order chi connectivity index (χ0) is 22.0. The van der Waals surface area contributed by atoms with E-state index in [2.05, 4.69) is 17.2 Å². The highest BCUT2D eigenvalue weighted by molar-refractivity contribution is 7.22. The number of thiazole rings is 1. The SMILES string of the molecule is CCCCCCn1c(=O)c(C(=O)Nc2nc3ccc(C)cc3s2)c(O)c2ccccc21. The Morgan fingerprint density at radius 2 is 1.97 bits per heavy atom. The van der Waals surface area contributed by atoms with Gasteiger partial charge < -0.3 is 9.67 Å². The Bertz CT molecular complexity index is 1320. The number of unbranched alkanes of at least 4 members (excludes halogenated alkanes) is 3. The molecule has 1 amide bonds. The van der Waals surface area contributed by atoms with E-state index in [4.69, 9.17) is 0 Å². The summed E-state index contributed by atoms with van der Waals surface area (Å²) in [6.07, 6.45) is 4.03. The van der Waals surface area contributed by atoms with Crippen LogP contribution in [0, 0.1) is 6.92 Å². The fourth-order valence-corrected chi connectivity index (χ4v) is 4.72. The Balaban J connectivity index is 1.72. The third kappa shape index (κ3) is 4.18. The molecule has 4 aromatic rings. The van der Waals surface area contributed by atoms with Gasteiger partial charge in [-0.25, -0.2) is 4.98 Å². The van der Waals surface area contributed by atoms with E-state index >= 15 is 0 Å². The topological polar surface area (TPSA) is 84.2 Å². The Morgan fingerprint density at radius 3 is 2.77 bits per heavy atom. The van der Waals surface area contributed by atoms with Gasteiger partial charge in [0.1, 0.15) is 11.3 Å². The highest BCUT2D eigenvalue weighted by atomic mass is 32.1. The highest BCUT2D eigenvalue weighted by Gasteiger charge is 2.23. The van der Waals surface area contributed by atoms with Crippen molar-refractivity contribution in [3.05, 3.63) is 63.9 Å². The molecule has 2 heterocycles. The summed E-state index contributed by atoms with van der Waals surface area (Å²) in [5.74, 6) is -0.939. The van der Waals surface area contributed by atoms with Crippen molar-refractivity contribution in [2.75, 3.05) is 5.32 Å². The predicted molar refractivity (Wildman–Crippen MR) is 126 cm³/mol. The number of nitrogens with one attached hydrogen (secondary N) is 1. The lowest BCUT2D eigenvalue weighted by Crippen LogP contribution is -2.30. The number of carbonyl (C=O) groups is 1. The molecule has 0 aliphatic carbocycles. The quantitative estimate of drug-likeness (QED) is 0.378. The smallest absolute Gasteiger partial charge is 0.267 e. The zero-order valence-electron chi connectivity index (χ0n) is 17.6. The number of hydrogen-bond acceptors (Lipinski definition) is 5. The molecular formula is C24H25N3O3S. The molecule has 4 rings (SSSR count). The van der Waals surface area contributed by atoms with Gasteiger partial charge in [0.15, 0.2) is 5.13 Å². The molecule has 0 spiro atoms. The van der Waals surface area contributed by atoms with Gasteiger partial charge in [-0.05, 0) is 43.2 Å². The maximum atomic E-state index is 13.2. The van der Waals surface area contributed by atoms with Gasteiger partial charge >= 0.3 is 0 Å². The van der Waals surface area contributed by atoms with Crippen LogP contribution in [-0.2, 0) is 6.54 Å². The number of aromatic hydroxyl groups is 1. The fraction of sp³-hybridized carbons (Fsp3) is 0.292. The van der Waals surface area contributed by atoms with E-state index in [1.807, 2.05) is 31.2 Å². The minimum atomic E-state index is -0.647. The number of benzene rings is 2. The first-order chi connectivity index (χ1) is 15.0. The number of rotatable bonds is 7. The van der Waals surface area contributed by atoms with Crippen LogP contribution >= 0.6 is 11.3 Å². The van der Waals surface area contributed by atoms with Gasteiger partial charge in [0.05, 0.1) is 15.7 Å². The normalized spacial score (nSPS) is 11.3. The average Bonchev–Trinajstić information content (AvgIpc) is 3.14. The average molecular weight is 436 g/mol. The van der Waals surface area contributed by atoms with E-state index in [0.29, 0.717) is 22.6 Å². The predicted octanol–water partition coefficient (Wildman–Crippen LogP) is 5.46. The maximum absolute atomic E-state index is 13.2. The van der Waals surface area contributed by atoms with Crippen LogP contribution in [0.3, 0.4) is 0 Å². The van der Waals surface area contributed by atoms with Gasteiger partial charge in [0.25, 0.3) is 11.5 Å². The highest BCUT2D eigenvalue weighted by Crippen LogP contribution is 2.30. The number of nitrogens with zero attached hydrogens (tertiary/aromatic N) is 2. The van der Waals surface area contributed by atoms with Crippen molar-refractivity contribution < 1.29 is 9.90 Å². The van der Waals surface area contributed by atoms with Crippen LogP contribution in [0.1, 0.15) is 48.5 Å². The third-order valence-electron chi connectivity index (χ3n) is 5.37. The number of pyridine rings is 1. The minimum Gasteiger partial charge on any atom is -0.506 e. The van der Waals surface area contributed by atoms with E-state index in [9.17, 15) is 14.7 Å². The Morgan fingerprint density at radius 1 is 1.16 bits per heavy atom. The molecule has 0 radical (unpaired) electrons. The fourth-order valence-electron chi connectivity index (χ4n) is 3.76. The molecular weight excluding hydrogens is 410 g/mol. The van der Waals surface area contributed by atoms with Crippen LogP contribution in [0.15, 0.2) is 47.3 Å². The van der Waals surface area contributed by atoms with Crippen LogP contribution < -0.4 is 10.9 Å². The summed E-state index contributed by atoms with van der Waals surface area (Å²) in [7, 11) is 0. The van der Waals surface area contributed by atoms with Crippen molar-refractivity contribution in [2.24, 2.45) is 0 Å². The number of aromatic nitrogens is 2. The monoisotopic (exact) mass is 435 g/mol. The van der Waals surface area contributed by atoms with Crippen molar-refractivity contribution in [2.45, 2.75) is 46.1 Å². The molecule has 31 heavy (non-hydrogen) atoms. The molecule has 0 bridgehead atoms. The first-order valence-corrected chi connectivity index (χ1v) is 11.3. The summed E-state index contributed by atoms with van der Waals surface area (Å²) in [5, 5.41) is 14.4. The molecule has 0 aliphatic heterocycles. The molecule has 0 atom stereocenters. The van der Waals surface area contributed by atoms with Gasteiger partial charge in [-0.1, -0.05) is 55.7 Å². The molecule has 0 saturated carbocycles. The van der Waals surface area contributed by atoms with E-state index in [0.717, 1.165) is 41.5 Å². The van der Waals surface area contributed by atoms with Crippen molar-refractivity contribution in [1.82, 2.24) is 9.55 Å². The van der Waals surface area contributed by atoms with Crippen molar-refractivity contribution in [1.29, 1.82) is 0 Å². The molecule has 0 unspecified atom stereocenters. The van der Waals surface area contributed by atoms with Crippen molar-refractivity contribution >= 4 is 43.5 Å². The van der Waals surface area contributed by atoms with Crippen LogP contribution in [0.2, 0.25) is 0 Å². The number of hydrogen-bond donors (Lipinski definition) is 2. The first-order valence-electron chi connectivity index (χ1n) is 10.5. The molecule has 2 N–H and O–H groups in total. The van der Waals surface area contributed by atoms with E-state index in [1.165, 1.54) is 11.3 Å². The number of aryl methyl sites for hydroxylation is 2. The van der Waals surface area contributed by atoms with Crippen LogP contribution in [0.25, 0.3) is 21.1 Å². The van der Waals surface area contributed by atoms with Gasteiger partial charge in [-0.15, -0.1) is 0 Å². The molecule has 0 aliphatic rings. The summed E-state index contributed by atoms with van der Waals surface area (Å²) < 4.78 is 2.55. The standard InChI is InChI=1S/C24H25N3O3S/c1-3-4-5-8-13-27-18-10-7-6-9-16(18)21(28)20(23(27)30)22(29)26-24-25-17-12-11-15(2)14-19(17)31-24/h6-7,9-12,14,28H,3-5,8,13H2,1-2H3,(H,25,26,29). The van der Waals surface area contributed by atoms with Crippen LogP contribution in [0.5, 0.6) is 5.75 Å². The molecule has 160 valence electrons. The van der Waals surface area contributed by atoms with Gasteiger partial charge in [0, 0.05) is 11.9 Å². The second-order valence-corrected chi connectivity index (χ2v) is 8.73. The Kier molecular flexibility index (Phi) is 6.04. The van der Waals surface area contributed by atoms with Gasteiger partial charge in [0.2, 0.25) is 0 Å². The number of para-hydroxylation sites is 1. The molecule has 0 fully saturated rings.